The van der Waals surface area contributed by atoms with Crippen molar-refractivity contribution in [2.45, 2.75) is 19.9 Å². The number of halogens is 2. The average molecular weight is 325 g/mol. The minimum atomic E-state index is -0.346. The second-order valence-corrected chi connectivity index (χ2v) is 5.75. The molecule has 2 aromatic carbocycles. The van der Waals surface area contributed by atoms with Gasteiger partial charge in [0, 0.05) is 21.2 Å². The maximum atomic E-state index is 6.31. The summed E-state index contributed by atoms with van der Waals surface area (Å²) >= 11 is 12.6. The van der Waals surface area contributed by atoms with Crippen LogP contribution < -0.4 is 16.0 Å². The Balaban J connectivity index is 2.68. The number of rotatable bonds is 4. The van der Waals surface area contributed by atoms with Gasteiger partial charge in [0.1, 0.15) is 5.75 Å². The van der Waals surface area contributed by atoms with Gasteiger partial charge >= 0.3 is 0 Å². The molecule has 0 saturated heterocycles. The van der Waals surface area contributed by atoms with Gasteiger partial charge < -0.3 is 4.74 Å². The lowest BCUT2D eigenvalue weighted by Gasteiger charge is -2.24. The number of hydrazine groups is 1. The number of methoxy groups -OCH3 is 1. The second kappa shape index (κ2) is 6.67. The molecule has 0 aliphatic carbocycles. The first-order valence-electron chi connectivity index (χ1n) is 6.54. The molecule has 112 valence electrons. The van der Waals surface area contributed by atoms with Crippen molar-refractivity contribution < 1.29 is 4.74 Å². The van der Waals surface area contributed by atoms with Crippen LogP contribution in [0.3, 0.4) is 0 Å². The molecule has 2 aromatic rings. The summed E-state index contributed by atoms with van der Waals surface area (Å²) in [5.41, 5.74) is 6.66. The number of nitrogens with one attached hydrogen (secondary N) is 1. The summed E-state index contributed by atoms with van der Waals surface area (Å²) in [5, 5.41) is 1.12. The normalized spacial score (nSPS) is 12.3. The summed E-state index contributed by atoms with van der Waals surface area (Å²) in [6, 6.07) is 9.10. The van der Waals surface area contributed by atoms with E-state index in [1.54, 1.807) is 25.3 Å². The third kappa shape index (κ3) is 3.16. The van der Waals surface area contributed by atoms with Gasteiger partial charge in [-0.15, -0.1) is 0 Å². The largest absolute Gasteiger partial charge is 0.496 e. The zero-order chi connectivity index (χ0) is 15.6. The Labute approximate surface area is 135 Å². The fourth-order valence-electron chi connectivity index (χ4n) is 2.58. The van der Waals surface area contributed by atoms with Crippen molar-refractivity contribution in [3.63, 3.8) is 0 Å². The minimum Gasteiger partial charge on any atom is -0.496 e. The van der Waals surface area contributed by atoms with Crippen molar-refractivity contribution in [3.8, 4) is 5.75 Å². The molecule has 0 heterocycles. The molecule has 0 aliphatic heterocycles. The number of aryl methyl sites for hydroxylation is 2. The maximum absolute atomic E-state index is 6.31. The Bertz CT molecular complexity index is 639. The molecule has 5 heteroatoms. The number of nitrogens with two attached hydrogens (primary N) is 1. The van der Waals surface area contributed by atoms with E-state index in [1.165, 1.54) is 0 Å². The molecular formula is C16H18Cl2N2O. The molecule has 2 rings (SSSR count). The summed E-state index contributed by atoms with van der Waals surface area (Å²) in [4.78, 5) is 0. The van der Waals surface area contributed by atoms with Crippen LogP contribution in [0.5, 0.6) is 5.75 Å². The second-order valence-electron chi connectivity index (χ2n) is 4.93. The molecule has 0 aliphatic rings. The molecule has 0 saturated carbocycles. The third-order valence-electron chi connectivity index (χ3n) is 3.46. The zero-order valence-electron chi connectivity index (χ0n) is 12.2. The van der Waals surface area contributed by atoms with Gasteiger partial charge in [0.15, 0.2) is 0 Å². The Kier molecular flexibility index (Phi) is 5.12. The fourth-order valence-corrected chi connectivity index (χ4v) is 3.19. The van der Waals surface area contributed by atoms with E-state index in [0.717, 1.165) is 28.0 Å². The molecule has 1 atom stereocenters. The van der Waals surface area contributed by atoms with Crippen molar-refractivity contribution >= 4 is 23.2 Å². The van der Waals surface area contributed by atoms with Gasteiger partial charge in [-0.25, -0.2) is 5.43 Å². The summed E-state index contributed by atoms with van der Waals surface area (Å²) in [6.45, 7) is 4.03. The Morgan fingerprint density at radius 3 is 2.24 bits per heavy atom. The van der Waals surface area contributed by atoms with Crippen molar-refractivity contribution in [1.82, 2.24) is 5.43 Å². The smallest absolute Gasteiger partial charge is 0.124 e. The van der Waals surface area contributed by atoms with Crippen LogP contribution >= 0.6 is 23.2 Å². The molecule has 0 spiro atoms. The van der Waals surface area contributed by atoms with Crippen LogP contribution in [0, 0.1) is 13.8 Å². The summed E-state index contributed by atoms with van der Waals surface area (Å²) in [6.07, 6.45) is 0. The molecular weight excluding hydrogens is 307 g/mol. The Morgan fingerprint density at radius 2 is 1.71 bits per heavy atom. The molecule has 3 nitrogen and oxygen atoms in total. The highest BCUT2D eigenvalue weighted by Gasteiger charge is 2.24. The molecule has 0 aromatic heterocycles. The van der Waals surface area contributed by atoms with E-state index in [2.05, 4.69) is 11.5 Å². The highest BCUT2D eigenvalue weighted by atomic mass is 35.5. The van der Waals surface area contributed by atoms with Crippen LogP contribution in [-0.2, 0) is 0 Å². The van der Waals surface area contributed by atoms with Crippen LogP contribution in [0.2, 0.25) is 10.0 Å². The molecule has 3 N–H and O–H groups in total. The standard InChI is InChI=1S/C16H18Cl2N2O/c1-9-7-10(2)14(13(8-9)21-3)16(20-19)15-11(17)5-4-6-12(15)18/h4-8,16,20H,19H2,1-3H3. The van der Waals surface area contributed by atoms with Gasteiger partial charge in [-0.2, -0.15) is 0 Å². The van der Waals surface area contributed by atoms with Crippen LogP contribution in [0.25, 0.3) is 0 Å². The molecule has 1 unspecified atom stereocenters. The topological polar surface area (TPSA) is 47.3 Å². The lowest BCUT2D eigenvalue weighted by molar-refractivity contribution is 0.403. The van der Waals surface area contributed by atoms with E-state index in [9.17, 15) is 0 Å². The summed E-state index contributed by atoms with van der Waals surface area (Å²) in [7, 11) is 1.64. The first kappa shape index (κ1) is 16.1. The number of hydrogen-bond acceptors (Lipinski definition) is 3. The van der Waals surface area contributed by atoms with Crippen LogP contribution in [0.15, 0.2) is 30.3 Å². The SMILES string of the molecule is COc1cc(C)cc(C)c1C(NN)c1c(Cl)cccc1Cl. The number of hydrogen-bond donors (Lipinski definition) is 2. The van der Waals surface area contributed by atoms with E-state index in [1.807, 2.05) is 19.9 Å². The van der Waals surface area contributed by atoms with Crippen molar-refractivity contribution in [3.05, 3.63) is 62.6 Å². The highest BCUT2D eigenvalue weighted by molar-refractivity contribution is 6.36. The van der Waals surface area contributed by atoms with Crippen molar-refractivity contribution in [2.24, 2.45) is 5.84 Å². The maximum Gasteiger partial charge on any atom is 0.124 e. The van der Waals surface area contributed by atoms with E-state index < -0.39 is 0 Å². The monoisotopic (exact) mass is 324 g/mol. The van der Waals surface area contributed by atoms with Gasteiger partial charge in [0.2, 0.25) is 0 Å². The van der Waals surface area contributed by atoms with Crippen LogP contribution in [0.4, 0.5) is 0 Å². The van der Waals surface area contributed by atoms with E-state index in [0.29, 0.717) is 10.0 Å². The molecule has 0 radical (unpaired) electrons. The summed E-state index contributed by atoms with van der Waals surface area (Å²) < 4.78 is 5.51. The lowest BCUT2D eigenvalue weighted by atomic mass is 9.93. The predicted octanol–water partition coefficient (Wildman–Crippen LogP) is 4.17. The van der Waals surface area contributed by atoms with Crippen molar-refractivity contribution in [1.29, 1.82) is 0 Å². The minimum absolute atomic E-state index is 0.346. The molecule has 21 heavy (non-hydrogen) atoms. The first-order chi connectivity index (χ1) is 9.99. The van der Waals surface area contributed by atoms with E-state index in [4.69, 9.17) is 33.8 Å². The fraction of sp³-hybridized carbons (Fsp3) is 0.250. The highest BCUT2D eigenvalue weighted by Crippen LogP contribution is 2.39. The van der Waals surface area contributed by atoms with Gasteiger partial charge in [-0.1, -0.05) is 35.3 Å². The quantitative estimate of drug-likeness (QED) is 0.655. The van der Waals surface area contributed by atoms with E-state index in [-0.39, 0.29) is 6.04 Å². The summed E-state index contributed by atoms with van der Waals surface area (Å²) in [5.74, 6) is 6.54. The molecule has 0 bridgehead atoms. The molecule has 0 amide bonds. The third-order valence-corrected chi connectivity index (χ3v) is 4.12. The van der Waals surface area contributed by atoms with Gasteiger partial charge in [0.25, 0.3) is 0 Å². The van der Waals surface area contributed by atoms with E-state index >= 15 is 0 Å². The van der Waals surface area contributed by atoms with Crippen LogP contribution in [0.1, 0.15) is 28.3 Å². The average Bonchev–Trinajstić information content (AvgIpc) is 2.43. The number of ether oxygens (including phenoxy) is 1. The van der Waals surface area contributed by atoms with Crippen molar-refractivity contribution in [2.75, 3.05) is 7.11 Å². The lowest BCUT2D eigenvalue weighted by Crippen LogP contribution is -2.30. The van der Waals surface area contributed by atoms with Gasteiger partial charge in [-0.05, 0) is 43.2 Å². The number of benzene rings is 2. The Morgan fingerprint density at radius 1 is 1.10 bits per heavy atom. The predicted molar refractivity (Wildman–Crippen MR) is 88.1 cm³/mol. The Hall–Kier alpha value is -1.26. The van der Waals surface area contributed by atoms with Gasteiger partial charge in [0.05, 0.1) is 13.2 Å². The molecule has 0 fully saturated rings. The zero-order valence-corrected chi connectivity index (χ0v) is 13.7. The van der Waals surface area contributed by atoms with Gasteiger partial charge in [-0.3, -0.25) is 5.84 Å². The van der Waals surface area contributed by atoms with Crippen LogP contribution in [-0.4, -0.2) is 7.11 Å². The first-order valence-corrected chi connectivity index (χ1v) is 7.30.